The van der Waals surface area contributed by atoms with E-state index in [9.17, 15) is 0 Å². The smallest absolute Gasteiger partial charge is 0.0110 e. The van der Waals surface area contributed by atoms with Crippen molar-refractivity contribution in [2.24, 2.45) is 11.3 Å². The quantitative estimate of drug-likeness (QED) is 0.718. The van der Waals surface area contributed by atoms with Crippen molar-refractivity contribution in [1.82, 2.24) is 10.6 Å². The molecule has 2 nitrogen and oxygen atoms in total. The zero-order valence-corrected chi connectivity index (χ0v) is 12.9. The maximum Gasteiger partial charge on any atom is 0.0110 e. The van der Waals surface area contributed by atoms with E-state index >= 15 is 0 Å². The van der Waals surface area contributed by atoms with E-state index < -0.39 is 0 Å². The Hall–Kier alpha value is -0.340. The highest BCUT2D eigenvalue weighted by Crippen LogP contribution is 2.32. The van der Waals surface area contributed by atoms with E-state index in [4.69, 9.17) is 0 Å². The van der Waals surface area contributed by atoms with Crippen molar-refractivity contribution < 1.29 is 0 Å². The summed E-state index contributed by atoms with van der Waals surface area (Å²) in [5.74, 6) is 0.861. The van der Waals surface area contributed by atoms with Gasteiger partial charge in [0.25, 0.3) is 0 Å². The van der Waals surface area contributed by atoms with Crippen LogP contribution >= 0.6 is 0 Å². The van der Waals surface area contributed by atoms with Gasteiger partial charge in [-0.1, -0.05) is 32.8 Å². The van der Waals surface area contributed by atoms with Crippen LogP contribution in [0.3, 0.4) is 0 Å². The van der Waals surface area contributed by atoms with Crippen molar-refractivity contribution in [3.8, 4) is 0 Å². The van der Waals surface area contributed by atoms with E-state index in [1.165, 1.54) is 45.1 Å². The Balaban J connectivity index is 1.83. The summed E-state index contributed by atoms with van der Waals surface area (Å²) in [6.45, 7) is 10.9. The molecule has 0 amide bonds. The SMILES string of the molecule is C=CCC(C)(C)CNC1CCCC1C1CCCCN1. The molecule has 3 unspecified atom stereocenters. The van der Waals surface area contributed by atoms with E-state index in [0.717, 1.165) is 31.0 Å². The maximum atomic E-state index is 3.88. The van der Waals surface area contributed by atoms with Crippen LogP contribution in [0, 0.1) is 11.3 Å². The molecular weight excluding hydrogens is 232 g/mol. The van der Waals surface area contributed by atoms with Gasteiger partial charge in [0, 0.05) is 18.6 Å². The summed E-state index contributed by atoms with van der Waals surface area (Å²) < 4.78 is 0. The molecule has 2 heteroatoms. The third-order valence-corrected chi connectivity index (χ3v) is 4.97. The second-order valence-corrected chi connectivity index (χ2v) is 7.30. The molecule has 110 valence electrons. The molecule has 0 spiro atoms. The van der Waals surface area contributed by atoms with Gasteiger partial charge in [0.15, 0.2) is 0 Å². The van der Waals surface area contributed by atoms with Crippen LogP contribution in [0.2, 0.25) is 0 Å². The Morgan fingerprint density at radius 2 is 2.05 bits per heavy atom. The first-order valence-electron chi connectivity index (χ1n) is 8.20. The van der Waals surface area contributed by atoms with Crippen molar-refractivity contribution in [1.29, 1.82) is 0 Å². The van der Waals surface area contributed by atoms with Gasteiger partial charge in [-0.3, -0.25) is 0 Å². The van der Waals surface area contributed by atoms with Gasteiger partial charge in [0.1, 0.15) is 0 Å². The lowest BCUT2D eigenvalue weighted by Gasteiger charge is -2.35. The molecule has 1 heterocycles. The first-order chi connectivity index (χ1) is 9.12. The molecule has 19 heavy (non-hydrogen) atoms. The van der Waals surface area contributed by atoms with Crippen LogP contribution in [-0.4, -0.2) is 25.2 Å². The minimum absolute atomic E-state index is 0.342. The van der Waals surface area contributed by atoms with Gasteiger partial charge in [-0.25, -0.2) is 0 Å². The van der Waals surface area contributed by atoms with Gasteiger partial charge >= 0.3 is 0 Å². The lowest BCUT2D eigenvalue weighted by atomic mass is 9.86. The second kappa shape index (κ2) is 6.90. The molecule has 1 aliphatic heterocycles. The normalized spacial score (nSPS) is 32.4. The zero-order valence-electron chi connectivity index (χ0n) is 12.9. The van der Waals surface area contributed by atoms with Gasteiger partial charge in [-0.05, 0) is 50.0 Å². The predicted octanol–water partition coefficient (Wildman–Crippen LogP) is 3.49. The largest absolute Gasteiger partial charge is 0.314 e. The summed E-state index contributed by atoms with van der Waals surface area (Å²) in [6, 6.07) is 1.51. The summed E-state index contributed by atoms with van der Waals surface area (Å²) in [6.07, 6.45) is 11.5. The topological polar surface area (TPSA) is 24.1 Å². The van der Waals surface area contributed by atoms with Crippen LogP contribution in [0.15, 0.2) is 12.7 Å². The molecule has 0 aromatic heterocycles. The van der Waals surface area contributed by atoms with Gasteiger partial charge < -0.3 is 10.6 Å². The zero-order chi connectivity index (χ0) is 13.7. The fourth-order valence-electron chi connectivity index (χ4n) is 3.84. The summed E-state index contributed by atoms with van der Waals surface area (Å²) in [4.78, 5) is 0. The van der Waals surface area contributed by atoms with Gasteiger partial charge in [0.05, 0.1) is 0 Å². The molecule has 2 aliphatic rings. The molecular formula is C17H32N2. The molecule has 1 saturated heterocycles. The number of nitrogens with one attached hydrogen (secondary N) is 2. The van der Waals surface area contributed by atoms with Crippen LogP contribution in [0.4, 0.5) is 0 Å². The molecule has 0 aromatic carbocycles. The molecule has 2 N–H and O–H groups in total. The highest BCUT2D eigenvalue weighted by atomic mass is 15.0. The minimum atomic E-state index is 0.342. The van der Waals surface area contributed by atoms with Crippen LogP contribution in [0.1, 0.15) is 58.8 Å². The van der Waals surface area contributed by atoms with Gasteiger partial charge in [-0.15, -0.1) is 6.58 Å². The Morgan fingerprint density at radius 3 is 2.74 bits per heavy atom. The standard InChI is InChI=1S/C17H32N2/c1-4-11-17(2,3)13-19-16-10-7-8-14(16)15-9-5-6-12-18-15/h4,14-16,18-19H,1,5-13H2,2-3H3. The fourth-order valence-corrected chi connectivity index (χ4v) is 3.84. The number of hydrogen-bond acceptors (Lipinski definition) is 2. The highest BCUT2D eigenvalue weighted by Gasteiger charge is 2.34. The summed E-state index contributed by atoms with van der Waals surface area (Å²) in [5, 5.41) is 7.62. The summed E-state index contributed by atoms with van der Waals surface area (Å²) >= 11 is 0. The fraction of sp³-hybridized carbons (Fsp3) is 0.882. The number of rotatable bonds is 6. The first-order valence-corrected chi connectivity index (χ1v) is 8.20. The van der Waals surface area contributed by atoms with Crippen molar-refractivity contribution in [2.45, 2.75) is 70.9 Å². The van der Waals surface area contributed by atoms with Crippen molar-refractivity contribution in [3.05, 3.63) is 12.7 Å². The first kappa shape index (κ1) is 15.1. The molecule has 3 atom stereocenters. The van der Waals surface area contributed by atoms with Crippen LogP contribution in [0.25, 0.3) is 0 Å². The molecule has 2 rings (SSSR count). The summed E-state index contributed by atoms with van der Waals surface area (Å²) in [5.41, 5.74) is 0.342. The van der Waals surface area contributed by atoms with E-state index in [2.05, 4.69) is 37.1 Å². The van der Waals surface area contributed by atoms with Crippen molar-refractivity contribution in [2.75, 3.05) is 13.1 Å². The average Bonchev–Trinajstić information content (AvgIpc) is 2.86. The molecule has 0 bridgehead atoms. The second-order valence-electron chi connectivity index (χ2n) is 7.30. The Bertz CT molecular complexity index is 279. The van der Waals surface area contributed by atoms with Gasteiger partial charge in [0.2, 0.25) is 0 Å². The lowest BCUT2D eigenvalue weighted by Crippen LogP contribution is -2.48. The monoisotopic (exact) mass is 264 g/mol. The average molecular weight is 264 g/mol. The number of hydrogen-bond donors (Lipinski definition) is 2. The van der Waals surface area contributed by atoms with Crippen LogP contribution in [-0.2, 0) is 0 Å². The lowest BCUT2D eigenvalue weighted by molar-refractivity contribution is 0.236. The van der Waals surface area contributed by atoms with E-state index in [-0.39, 0.29) is 0 Å². The molecule has 1 aliphatic carbocycles. The van der Waals surface area contributed by atoms with Crippen molar-refractivity contribution >= 4 is 0 Å². The molecule has 1 saturated carbocycles. The third kappa shape index (κ3) is 4.32. The third-order valence-electron chi connectivity index (χ3n) is 4.97. The van der Waals surface area contributed by atoms with Gasteiger partial charge in [-0.2, -0.15) is 0 Å². The highest BCUT2D eigenvalue weighted by molar-refractivity contribution is 4.93. The van der Waals surface area contributed by atoms with Crippen LogP contribution in [0.5, 0.6) is 0 Å². The number of allylic oxidation sites excluding steroid dienone is 1. The Morgan fingerprint density at radius 1 is 1.21 bits per heavy atom. The maximum absolute atomic E-state index is 3.88. The molecule has 0 aromatic rings. The number of piperidine rings is 1. The minimum Gasteiger partial charge on any atom is -0.314 e. The predicted molar refractivity (Wildman–Crippen MR) is 83.4 cm³/mol. The Kier molecular flexibility index (Phi) is 5.47. The van der Waals surface area contributed by atoms with Crippen LogP contribution < -0.4 is 10.6 Å². The van der Waals surface area contributed by atoms with E-state index in [1.54, 1.807) is 0 Å². The molecule has 0 radical (unpaired) electrons. The Labute approximate surface area is 119 Å². The van der Waals surface area contributed by atoms with E-state index in [0.29, 0.717) is 5.41 Å². The summed E-state index contributed by atoms with van der Waals surface area (Å²) in [7, 11) is 0. The van der Waals surface area contributed by atoms with E-state index in [1.807, 2.05) is 0 Å². The van der Waals surface area contributed by atoms with Crippen molar-refractivity contribution in [3.63, 3.8) is 0 Å². The molecule has 2 fully saturated rings.